The number of carbonyl (C=O) groups is 1. The molecule has 3 nitrogen and oxygen atoms in total. The fourth-order valence-electron chi connectivity index (χ4n) is 2.95. The van der Waals surface area contributed by atoms with Gasteiger partial charge in [0.2, 0.25) is 0 Å². The number of amides is 1. The van der Waals surface area contributed by atoms with Gasteiger partial charge < -0.3 is 9.64 Å². The van der Waals surface area contributed by atoms with Crippen molar-refractivity contribution in [2.45, 2.75) is 18.6 Å². The van der Waals surface area contributed by atoms with E-state index in [4.69, 9.17) is 16.3 Å². The largest absolute Gasteiger partial charge is 0.484 e. The number of thioether (sulfide) groups is 1. The fourth-order valence-corrected chi connectivity index (χ4v) is 4.55. The van der Waals surface area contributed by atoms with Crippen LogP contribution in [0, 0.1) is 6.92 Å². The van der Waals surface area contributed by atoms with Crippen LogP contribution in [0.5, 0.6) is 5.75 Å². The number of carbonyl (C=O) groups excluding carboxylic acids is 1. The molecule has 2 aromatic carbocycles. The molecule has 0 bridgehead atoms. The van der Waals surface area contributed by atoms with E-state index in [9.17, 15) is 4.79 Å². The van der Waals surface area contributed by atoms with Crippen molar-refractivity contribution in [3.05, 3.63) is 64.7 Å². The van der Waals surface area contributed by atoms with E-state index < -0.39 is 0 Å². The number of benzene rings is 2. The number of aryl methyl sites for hydroxylation is 1. The predicted molar refractivity (Wildman–Crippen MR) is 105 cm³/mol. The number of ether oxygens (including phenoxy) is 1. The average molecular weight is 376 g/mol. The first kappa shape index (κ1) is 18.2. The van der Waals surface area contributed by atoms with Crippen LogP contribution in [0.3, 0.4) is 0 Å². The standard InChI is InChI=1S/C20H22ClNO2S/c1-15-5-4-6-16(13-15)24-14-20(23)22-10-9-19(25-12-11-22)17-7-2-3-8-18(17)21/h2-8,13,19H,9-12,14H2,1H3. The third-order valence-electron chi connectivity index (χ3n) is 4.30. The summed E-state index contributed by atoms with van der Waals surface area (Å²) in [6, 6.07) is 15.8. The van der Waals surface area contributed by atoms with E-state index in [1.807, 2.05) is 66.1 Å². The molecule has 0 N–H and O–H groups in total. The summed E-state index contributed by atoms with van der Waals surface area (Å²) in [6.07, 6.45) is 0.907. The molecule has 0 aromatic heterocycles. The number of nitrogens with zero attached hydrogens (tertiary/aromatic N) is 1. The summed E-state index contributed by atoms with van der Waals surface area (Å²) in [5.74, 6) is 1.69. The van der Waals surface area contributed by atoms with E-state index in [2.05, 4.69) is 6.07 Å². The van der Waals surface area contributed by atoms with Gasteiger partial charge in [0.1, 0.15) is 5.75 Å². The molecule has 3 rings (SSSR count). The van der Waals surface area contributed by atoms with E-state index in [0.29, 0.717) is 5.25 Å². The van der Waals surface area contributed by atoms with Crippen molar-refractivity contribution in [3.8, 4) is 5.75 Å². The molecule has 1 aliphatic heterocycles. The van der Waals surface area contributed by atoms with Gasteiger partial charge in [0.25, 0.3) is 5.91 Å². The zero-order valence-corrected chi connectivity index (χ0v) is 15.9. The van der Waals surface area contributed by atoms with Gasteiger partial charge in [-0.1, -0.05) is 41.9 Å². The van der Waals surface area contributed by atoms with E-state index in [1.165, 1.54) is 5.56 Å². The van der Waals surface area contributed by atoms with Crippen molar-refractivity contribution in [1.82, 2.24) is 4.90 Å². The van der Waals surface area contributed by atoms with Gasteiger partial charge in [-0.3, -0.25) is 4.79 Å². The molecular weight excluding hydrogens is 354 g/mol. The van der Waals surface area contributed by atoms with Gasteiger partial charge in [-0.05, 0) is 42.7 Å². The third kappa shape index (κ3) is 4.93. The number of hydrogen-bond donors (Lipinski definition) is 0. The van der Waals surface area contributed by atoms with Crippen molar-refractivity contribution >= 4 is 29.3 Å². The Bertz CT molecular complexity index is 737. The Kier molecular flexibility index (Phi) is 6.27. The monoisotopic (exact) mass is 375 g/mol. The van der Waals surface area contributed by atoms with Crippen LogP contribution >= 0.6 is 23.4 Å². The first-order chi connectivity index (χ1) is 12.1. The predicted octanol–water partition coefficient (Wildman–Crippen LogP) is 4.73. The van der Waals surface area contributed by atoms with Crippen LogP contribution in [0.15, 0.2) is 48.5 Å². The molecule has 0 spiro atoms. The van der Waals surface area contributed by atoms with E-state index >= 15 is 0 Å². The van der Waals surface area contributed by atoms with Crippen LogP contribution < -0.4 is 4.74 Å². The minimum atomic E-state index is 0.0434. The summed E-state index contributed by atoms with van der Waals surface area (Å²) in [5.41, 5.74) is 2.29. The van der Waals surface area contributed by atoms with E-state index in [1.54, 1.807) is 0 Å². The molecule has 5 heteroatoms. The van der Waals surface area contributed by atoms with Crippen molar-refractivity contribution in [2.24, 2.45) is 0 Å². The molecule has 1 aliphatic rings. The van der Waals surface area contributed by atoms with Gasteiger partial charge in [-0.25, -0.2) is 0 Å². The Morgan fingerprint density at radius 2 is 2.08 bits per heavy atom. The summed E-state index contributed by atoms with van der Waals surface area (Å²) in [5, 5.41) is 1.15. The summed E-state index contributed by atoms with van der Waals surface area (Å²) < 4.78 is 5.65. The Hall–Kier alpha value is -1.65. The molecule has 0 radical (unpaired) electrons. The Labute approximate surface area is 158 Å². The van der Waals surface area contributed by atoms with Crippen LogP contribution in [0.4, 0.5) is 0 Å². The van der Waals surface area contributed by atoms with Crippen LogP contribution in [-0.2, 0) is 4.79 Å². The minimum absolute atomic E-state index is 0.0434. The SMILES string of the molecule is Cc1cccc(OCC(=O)N2CCSC(c3ccccc3Cl)CC2)c1. The first-order valence-corrected chi connectivity index (χ1v) is 9.89. The van der Waals surface area contributed by atoms with Crippen molar-refractivity contribution < 1.29 is 9.53 Å². The van der Waals surface area contributed by atoms with E-state index in [0.717, 1.165) is 41.6 Å². The highest BCUT2D eigenvalue weighted by atomic mass is 35.5. The molecule has 2 aromatic rings. The molecule has 0 saturated carbocycles. The lowest BCUT2D eigenvalue weighted by Crippen LogP contribution is -2.36. The van der Waals surface area contributed by atoms with Crippen LogP contribution in [0.25, 0.3) is 0 Å². The Morgan fingerprint density at radius 1 is 1.24 bits per heavy atom. The molecule has 0 aliphatic carbocycles. The van der Waals surface area contributed by atoms with Crippen molar-refractivity contribution in [1.29, 1.82) is 0 Å². The summed E-state index contributed by atoms with van der Waals surface area (Å²) in [6.45, 7) is 3.58. The molecule has 1 fully saturated rings. The van der Waals surface area contributed by atoms with Gasteiger partial charge >= 0.3 is 0 Å². The van der Waals surface area contributed by atoms with Crippen molar-refractivity contribution in [3.63, 3.8) is 0 Å². The zero-order valence-electron chi connectivity index (χ0n) is 14.3. The lowest BCUT2D eigenvalue weighted by Gasteiger charge is -2.20. The second-order valence-corrected chi connectivity index (χ2v) is 7.87. The highest BCUT2D eigenvalue weighted by molar-refractivity contribution is 7.99. The minimum Gasteiger partial charge on any atom is -0.484 e. The molecule has 1 amide bonds. The molecule has 1 atom stereocenters. The van der Waals surface area contributed by atoms with Crippen molar-refractivity contribution in [2.75, 3.05) is 25.4 Å². The highest BCUT2D eigenvalue weighted by Gasteiger charge is 2.23. The normalized spacial score (nSPS) is 17.8. The number of rotatable bonds is 4. The van der Waals surface area contributed by atoms with Crippen LogP contribution in [0.2, 0.25) is 5.02 Å². The maximum atomic E-state index is 12.5. The molecule has 132 valence electrons. The second-order valence-electron chi connectivity index (χ2n) is 6.16. The fraction of sp³-hybridized carbons (Fsp3) is 0.350. The second kappa shape index (κ2) is 8.63. The molecular formula is C20H22ClNO2S. The lowest BCUT2D eigenvalue weighted by atomic mass is 10.1. The third-order valence-corrected chi connectivity index (χ3v) is 5.95. The number of hydrogen-bond acceptors (Lipinski definition) is 3. The molecule has 1 heterocycles. The van der Waals surface area contributed by atoms with Gasteiger partial charge in [-0.2, -0.15) is 11.8 Å². The van der Waals surface area contributed by atoms with E-state index in [-0.39, 0.29) is 12.5 Å². The van der Waals surface area contributed by atoms with Crippen LogP contribution in [-0.4, -0.2) is 36.3 Å². The topological polar surface area (TPSA) is 29.5 Å². The average Bonchev–Trinajstić information content (AvgIpc) is 2.86. The molecule has 25 heavy (non-hydrogen) atoms. The Morgan fingerprint density at radius 3 is 2.88 bits per heavy atom. The Balaban J connectivity index is 1.55. The highest BCUT2D eigenvalue weighted by Crippen LogP contribution is 2.37. The summed E-state index contributed by atoms with van der Waals surface area (Å²) >= 11 is 8.20. The van der Waals surface area contributed by atoms with Crippen LogP contribution in [0.1, 0.15) is 22.8 Å². The maximum absolute atomic E-state index is 12.5. The van der Waals surface area contributed by atoms with Gasteiger partial charge in [0, 0.05) is 29.1 Å². The maximum Gasteiger partial charge on any atom is 0.260 e. The molecule has 1 unspecified atom stereocenters. The quantitative estimate of drug-likeness (QED) is 0.773. The zero-order chi connectivity index (χ0) is 17.6. The number of halogens is 1. The first-order valence-electron chi connectivity index (χ1n) is 8.47. The lowest BCUT2D eigenvalue weighted by molar-refractivity contribution is -0.133. The smallest absolute Gasteiger partial charge is 0.260 e. The van der Waals surface area contributed by atoms with Gasteiger partial charge in [0.05, 0.1) is 0 Å². The summed E-state index contributed by atoms with van der Waals surface area (Å²) in [7, 11) is 0. The van der Waals surface area contributed by atoms with Gasteiger partial charge in [-0.15, -0.1) is 0 Å². The van der Waals surface area contributed by atoms with Gasteiger partial charge in [0.15, 0.2) is 6.61 Å². The summed E-state index contributed by atoms with van der Waals surface area (Å²) in [4.78, 5) is 14.4. The molecule has 1 saturated heterocycles.